The van der Waals surface area contributed by atoms with E-state index < -0.39 is 17.8 Å². The zero-order chi connectivity index (χ0) is 25.6. The first-order valence-electron chi connectivity index (χ1n) is 11.0. The average molecular weight is 562 g/mol. The predicted octanol–water partition coefficient (Wildman–Crippen LogP) is 3.97. The van der Waals surface area contributed by atoms with Gasteiger partial charge in [0.05, 0.1) is 16.5 Å². The van der Waals surface area contributed by atoms with E-state index in [4.69, 9.17) is 5.73 Å². The van der Waals surface area contributed by atoms with Crippen molar-refractivity contribution < 1.29 is 22.8 Å². The van der Waals surface area contributed by atoms with E-state index in [9.17, 15) is 22.8 Å². The molecular weight excluding hydrogens is 543 g/mol. The van der Waals surface area contributed by atoms with Crippen LogP contribution in [0.3, 0.4) is 0 Å². The lowest BCUT2D eigenvalue weighted by Crippen LogP contribution is -2.44. The minimum absolute atomic E-state index is 0.00970. The van der Waals surface area contributed by atoms with Crippen LogP contribution in [0.25, 0.3) is 21.9 Å². The van der Waals surface area contributed by atoms with Crippen molar-refractivity contribution in [1.82, 2.24) is 24.4 Å². The highest BCUT2D eigenvalue weighted by Crippen LogP contribution is 2.36. The van der Waals surface area contributed by atoms with Gasteiger partial charge in [-0.25, -0.2) is 15.0 Å². The van der Waals surface area contributed by atoms with Gasteiger partial charge in [-0.2, -0.15) is 13.2 Å². The van der Waals surface area contributed by atoms with Crippen LogP contribution in [0.1, 0.15) is 18.4 Å². The quantitative estimate of drug-likeness (QED) is 0.364. The van der Waals surface area contributed by atoms with Crippen LogP contribution in [0.2, 0.25) is 0 Å². The van der Waals surface area contributed by atoms with Gasteiger partial charge in [-0.05, 0) is 59.1 Å². The second-order valence-corrected chi connectivity index (χ2v) is 9.17. The number of nitrogens with one attached hydrogen (secondary N) is 1. The van der Waals surface area contributed by atoms with E-state index in [1.807, 2.05) is 0 Å². The summed E-state index contributed by atoms with van der Waals surface area (Å²) >= 11 is 3.25. The third-order valence-electron chi connectivity index (χ3n) is 6.13. The highest BCUT2D eigenvalue weighted by Gasteiger charge is 2.35. The average Bonchev–Trinajstić information content (AvgIpc) is 3.43. The number of likely N-dealkylation sites (tertiary alicyclic amines) is 1. The molecule has 9 nitrogen and oxygen atoms in total. The van der Waals surface area contributed by atoms with E-state index in [0.717, 1.165) is 12.1 Å². The van der Waals surface area contributed by atoms with Gasteiger partial charge in [0.1, 0.15) is 40.8 Å². The SMILES string of the molecule is Nc1ncnc2c1c1cc(C(F)(F)F)ccc1n2CC(=O)N1CCCC1C(=O)Nc1cccc(Br)n1. The minimum Gasteiger partial charge on any atom is -0.383 e. The van der Waals surface area contributed by atoms with Crippen LogP contribution >= 0.6 is 15.9 Å². The van der Waals surface area contributed by atoms with Crippen molar-refractivity contribution in [2.75, 3.05) is 17.6 Å². The van der Waals surface area contributed by atoms with Crippen LogP contribution in [0.15, 0.2) is 47.3 Å². The van der Waals surface area contributed by atoms with E-state index in [2.05, 4.69) is 36.2 Å². The standard InChI is InChI=1S/C23H19BrF3N7O2/c24-16-4-1-5-17(31-16)32-22(36)15-3-2-8-33(15)18(35)10-34-14-7-6-12(23(25,26)27)9-13(14)19-20(28)29-11-30-21(19)34/h1,4-7,9,11,15H,2-3,8,10H2,(H2,28,29,30)(H,31,32,36). The van der Waals surface area contributed by atoms with Gasteiger partial charge in [0.25, 0.3) is 0 Å². The lowest BCUT2D eigenvalue weighted by Gasteiger charge is -2.24. The Morgan fingerprint density at radius 1 is 1.19 bits per heavy atom. The number of halogens is 4. The Bertz CT molecular complexity index is 1500. The Hall–Kier alpha value is -3.74. The first-order valence-corrected chi connectivity index (χ1v) is 11.8. The Balaban J connectivity index is 1.47. The van der Waals surface area contributed by atoms with Crippen LogP contribution in [0.5, 0.6) is 0 Å². The van der Waals surface area contributed by atoms with Crippen molar-refractivity contribution in [1.29, 1.82) is 0 Å². The zero-order valence-corrected chi connectivity index (χ0v) is 20.2. The molecule has 4 aromatic rings. The van der Waals surface area contributed by atoms with E-state index in [-0.39, 0.29) is 40.6 Å². The number of anilines is 2. The number of benzene rings is 1. The second-order valence-electron chi connectivity index (χ2n) is 8.35. The van der Waals surface area contributed by atoms with Gasteiger partial charge in [0.2, 0.25) is 11.8 Å². The molecule has 4 heterocycles. The lowest BCUT2D eigenvalue weighted by atomic mass is 10.1. The second kappa shape index (κ2) is 9.04. The Kier molecular flexibility index (Phi) is 6.02. The molecule has 1 unspecified atom stereocenters. The number of nitrogens with zero attached hydrogens (tertiary/aromatic N) is 5. The molecule has 3 N–H and O–H groups in total. The number of pyridine rings is 1. The van der Waals surface area contributed by atoms with E-state index in [1.165, 1.54) is 21.9 Å². The molecule has 1 saturated heterocycles. The molecule has 5 rings (SSSR count). The van der Waals surface area contributed by atoms with Gasteiger partial charge in [-0.15, -0.1) is 0 Å². The van der Waals surface area contributed by atoms with E-state index >= 15 is 0 Å². The summed E-state index contributed by atoms with van der Waals surface area (Å²) < 4.78 is 42.1. The number of nitrogens with two attached hydrogens (primary N) is 1. The molecule has 2 amide bonds. The highest BCUT2D eigenvalue weighted by molar-refractivity contribution is 9.10. The lowest BCUT2D eigenvalue weighted by molar-refractivity contribution is -0.137. The maximum absolute atomic E-state index is 13.4. The molecule has 186 valence electrons. The molecule has 1 fully saturated rings. The fourth-order valence-corrected chi connectivity index (χ4v) is 4.87. The molecule has 1 aromatic carbocycles. The van der Waals surface area contributed by atoms with Crippen molar-refractivity contribution in [2.45, 2.75) is 31.6 Å². The van der Waals surface area contributed by atoms with Gasteiger partial charge in [-0.3, -0.25) is 9.59 Å². The number of rotatable bonds is 4. The number of aromatic nitrogens is 4. The topological polar surface area (TPSA) is 119 Å². The molecule has 3 aromatic heterocycles. The number of hydrogen-bond donors (Lipinski definition) is 2. The maximum Gasteiger partial charge on any atom is 0.416 e. The minimum atomic E-state index is -4.55. The summed E-state index contributed by atoms with van der Waals surface area (Å²) in [6.45, 7) is 0.135. The number of alkyl halides is 3. The number of fused-ring (bicyclic) bond motifs is 3. The Morgan fingerprint density at radius 2 is 2.00 bits per heavy atom. The van der Waals surface area contributed by atoms with Crippen molar-refractivity contribution in [2.24, 2.45) is 0 Å². The molecule has 1 atom stereocenters. The highest BCUT2D eigenvalue weighted by atomic mass is 79.9. The zero-order valence-electron chi connectivity index (χ0n) is 18.6. The third-order valence-corrected chi connectivity index (χ3v) is 6.57. The van der Waals surface area contributed by atoms with Gasteiger partial charge in [-0.1, -0.05) is 6.07 Å². The number of carbonyl (C=O) groups is 2. The normalized spacial score (nSPS) is 16.1. The first-order chi connectivity index (χ1) is 17.1. The van der Waals surface area contributed by atoms with Crippen LogP contribution in [-0.4, -0.2) is 48.8 Å². The van der Waals surface area contributed by atoms with Crippen molar-refractivity contribution in [3.63, 3.8) is 0 Å². The maximum atomic E-state index is 13.4. The Morgan fingerprint density at radius 3 is 2.75 bits per heavy atom. The number of nitrogen functional groups attached to an aromatic ring is 1. The first kappa shape index (κ1) is 24.0. The molecule has 13 heteroatoms. The summed E-state index contributed by atoms with van der Waals surface area (Å²) in [6, 6.07) is 7.60. The Labute approximate surface area is 210 Å². The summed E-state index contributed by atoms with van der Waals surface area (Å²) in [5.74, 6) is -0.375. The molecule has 36 heavy (non-hydrogen) atoms. The van der Waals surface area contributed by atoms with Crippen LogP contribution in [0, 0.1) is 0 Å². The van der Waals surface area contributed by atoms with Crippen LogP contribution in [-0.2, 0) is 22.3 Å². The molecule has 0 aliphatic carbocycles. The molecule has 1 aliphatic rings. The molecule has 0 radical (unpaired) electrons. The van der Waals surface area contributed by atoms with Crippen molar-refractivity contribution in [3.05, 3.63) is 52.9 Å². The summed E-state index contributed by atoms with van der Waals surface area (Å²) in [7, 11) is 0. The van der Waals surface area contributed by atoms with Crippen LogP contribution < -0.4 is 11.1 Å². The van der Waals surface area contributed by atoms with Crippen molar-refractivity contribution in [3.8, 4) is 0 Å². The smallest absolute Gasteiger partial charge is 0.383 e. The van der Waals surface area contributed by atoms with E-state index in [1.54, 1.807) is 18.2 Å². The fraction of sp³-hybridized carbons (Fsp3) is 0.261. The summed E-state index contributed by atoms with van der Waals surface area (Å²) in [6.07, 6.45) is -2.25. The summed E-state index contributed by atoms with van der Waals surface area (Å²) in [5, 5.41) is 3.17. The van der Waals surface area contributed by atoms with E-state index in [0.29, 0.717) is 35.3 Å². The van der Waals surface area contributed by atoms with Gasteiger partial charge in [0, 0.05) is 11.9 Å². The largest absolute Gasteiger partial charge is 0.416 e. The molecule has 1 aliphatic heterocycles. The number of carbonyl (C=O) groups excluding carboxylic acids is 2. The molecular formula is C23H19BrF3N7O2. The predicted molar refractivity (Wildman–Crippen MR) is 130 cm³/mol. The number of hydrogen-bond acceptors (Lipinski definition) is 6. The van der Waals surface area contributed by atoms with Gasteiger partial charge < -0.3 is 20.5 Å². The third kappa shape index (κ3) is 4.34. The van der Waals surface area contributed by atoms with Gasteiger partial charge in [0.15, 0.2) is 0 Å². The van der Waals surface area contributed by atoms with Crippen LogP contribution in [0.4, 0.5) is 24.8 Å². The molecule has 0 spiro atoms. The fourth-order valence-electron chi connectivity index (χ4n) is 4.53. The number of amides is 2. The monoisotopic (exact) mass is 561 g/mol. The van der Waals surface area contributed by atoms with Gasteiger partial charge >= 0.3 is 6.18 Å². The molecule has 0 saturated carbocycles. The van der Waals surface area contributed by atoms with Crippen molar-refractivity contribution >= 4 is 61.3 Å². The summed E-state index contributed by atoms with van der Waals surface area (Å²) in [4.78, 5) is 40.1. The molecule has 0 bridgehead atoms. The summed E-state index contributed by atoms with van der Waals surface area (Å²) in [5.41, 5.74) is 5.74.